The largest absolute Gasteiger partial charge is 0.147 e. The van der Waals surface area contributed by atoms with E-state index >= 15 is 0 Å². The van der Waals surface area contributed by atoms with E-state index in [9.17, 15) is 0 Å². The van der Waals surface area contributed by atoms with Crippen LogP contribution in [0.5, 0.6) is 0 Å². The summed E-state index contributed by atoms with van der Waals surface area (Å²) >= 11 is 0. The van der Waals surface area contributed by atoms with E-state index in [0.29, 0.717) is 0 Å². The number of hydrogen-bond acceptors (Lipinski definition) is 0. The lowest BCUT2D eigenvalue weighted by Crippen LogP contribution is 0.688. The molecule has 0 aromatic rings. The molecule has 0 radical (unpaired) electrons. The van der Waals surface area contributed by atoms with E-state index in [1.807, 2.05) is 0 Å². The van der Waals surface area contributed by atoms with E-state index < -0.39 is 0 Å². The minimum atomic E-state index is 0. The molecule has 0 amide bonds. The Bertz CT molecular complexity index is 0. The molecule has 9 heavy (non-hydrogen) atoms. The van der Waals surface area contributed by atoms with E-state index in [0.717, 1.165) is 0 Å². The second kappa shape index (κ2) is 144. The highest BCUT2D eigenvalue weighted by Crippen LogP contribution is 0.698. The van der Waals surface area contributed by atoms with Crippen LogP contribution in [0.3, 0.4) is 0 Å². The van der Waals surface area contributed by atoms with Crippen molar-refractivity contribution in [3.05, 3.63) is 0 Å². The third-order valence-electron chi connectivity index (χ3n) is 0. The molecule has 0 spiro atoms. The summed E-state index contributed by atoms with van der Waals surface area (Å²) in [7, 11) is 0. The van der Waals surface area contributed by atoms with E-state index in [-0.39, 0.29) is 112 Å². The van der Waals surface area contributed by atoms with Gasteiger partial charge in [0.1, 0.15) is 0 Å². The molecule has 9 heteroatoms. The van der Waals surface area contributed by atoms with Gasteiger partial charge in [0.05, 0.1) is 0 Å². The van der Waals surface area contributed by atoms with Crippen molar-refractivity contribution < 1.29 is 0 Å². The summed E-state index contributed by atoms with van der Waals surface area (Å²) in [5, 5.41) is 0. The first-order valence-electron chi connectivity index (χ1n) is 0. The Hall–Kier alpha value is 2.61. The topological polar surface area (TPSA) is 0 Å². The summed E-state index contributed by atoms with van der Waals surface area (Å²) in [6.07, 6.45) is 0. The predicted octanol–water partition coefficient (Wildman–Crippen LogP) is 3.80. The molecular weight excluding hydrogens is 319 g/mol. The number of hydrogen-bond donors (Lipinski definition) is 0. The maximum absolute atomic E-state index is 0. The normalized spacial score (nSPS) is 0. The fourth-order valence-electron chi connectivity index (χ4n) is 0. The van der Waals surface area contributed by atoms with Gasteiger partial charge >= 0.3 is 0 Å². The molecule has 0 aliphatic rings. The first kappa shape index (κ1) is 192. The van der Waals surface area contributed by atoms with Crippen molar-refractivity contribution in [2.75, 3.05) is 0 Å². The molecule has 0 N–H and O–H groups in total. The molecular formula is H9Cl9. The average molecular weight is 328 g/mol. The van der Waals surface area contributed by atoms with Gasteiger partial charge in [-0.25, -0.2) is 0 Å². The molecule has 72 valence electrons. The van der Waals surface area contributed by atoms with Crippen LogP contribution in [-0.2, 0) is 0 Å². The Kier molecular flexibility index (Phi) is 3070. The number of halogens is 9. The zero-order valence-corrected chi connectivity index (χ0v) is 11.0. The molecule has 0 atom stereocenters. The van der Waals surface area contributed by atoms with Crippen molar-refractivity contribution in [1.82, 2.24) is 0 Å². The van der Waals surface area contributed by atoms with E-state index in [1.165, 1.54) is 0 Å². The van der Waals surface area contributed by atoms with Gasteiger partial charge in [-0.3, -0.25) is 0 Å². The van der Waals surface area contributed by atoms with E-state index in [1.54, 1.807) is 0 Å². The molecule has 0 bridgehead atoms. The van der Waals surface area contributed by atoms with Crippen molar-refractivity contribution >= 4 is 112 Å². The summed E-state index contributed by atoms with van der Waals surface area (Å²) in [6.45, 7) is 0. The standard InChI is InChI=1S/9ClH/h9*1H. The van der Waals surface area contributed by atoms with Gasteiger partial charge in [0.25, 0.3) is 0 Å². The molecule has 0 aromatic carbocycles. The quantitative estimate of drug-likeness (QED) is 0.635. The van der Waals surface area contributed by atoms with Crippen LogP contribution < -0.4 is 0 Å². The number of rotatable bonds is 0. The minimum Gasteiger partial charge on any atom is -0.147 e. The Morgan fingerprint density at radius 2 is 0.111 bits per heavy atom. The van der Waals surface area contributed by atoms with Crippen molar-refractivity contribution in [2.45, 2.75) is 0 Å². The molecule has 0 rings (SSSR count). The fourth-order valence-corrected chi connectivity index (χ4v) is 0. The summed E-state index contributed by atoms with van der Waals surface area (Å²) in [5.41, 5.74) is 0. The highest BCUT2D eigenvalue weighted by atomic mass is 35.5. The van der Waals surface area contributed by atoms with Crippen LogP contribution in [0, 0.1) is 0 Å². The smallest absolute Gasteiger partial charge is 0.147 e. The zero-order valence-electron chi connectivity index (χ0n) is 3.67. The molecule has 0 fully saturated rings. The van der Waals surface area contributed by atoms with E-state index in [4.69, 9.17) is 0 Å². The molecule has 0 heterocycles. The van der Waals surface area contributed by atoms with Crippen LogP contribution in [0.25, 0.3) is 0 Å². The van der Waals surface area contributed by atoms with Crippen molar-refractivity contribution in [3.63, 3.8) is 0 Å². The fraction of sp³-hybridized carbons (Fsp3) is 0. The molecule has 0 saturated heterocycles. The summed E-state index contributed by atoms with van der Waals surface area (Å²) < 4.78 is 0. The van der Waals surface area contributed by atoms with Gasteiger partial charge in [0.15, 0.2) is 0 Å². The summed E-state index contributed by atoms with van der Waals surface area (Å²) in [6, 6.07) is 0. The summed E-state index contributed by atoms with van der Waals surface area (Å²) in [4.78, 5) is 0. The molecule has 0 aromatic heterocycles. The molecule has 0 aliphatic heterocycles. The Morgan fingerprint density at radius 1 is 0.111 bits per heavy atom. The Balaban J connectivity index is 0. The first-order chi connectivity index (χ1) is 0. The van der Waals surface area contributed by atoms with Gasteiger partial charge in [-0.2, -0.15) is 0 Å². The van der Waals surface area contributed by atoms with Crippen LogP contribution in [0.1, 0.15) is 0 Å². The maximum atomic E-state index is 0. The highest BCUT2D eigenvalue weighted by molar-refractivity contribution is 5.86. The van der Waals surface area contributed by atoms with Crippen LogP contribution >= 0.6 is 112 Å². The Morgan fingerprint density at radius 3 is 0.111 bits per heavy atom. The molecule has 0 nitrogen and oxygen atoms in total. The third-order valence-corrected chi connectivity index (χ3v) is 0. The maximum Gasteiger partial charge on any atom is -0.147 e. The second-order valence-corrected chi connectivity index (χ2v) is 0. The first-order valence-corrected chi connectivity index (χ1v) is 0. The minimum absolute atomic E-state index is 0. The molecule has 0 saturated carbocycles. The Labute approximate surface area is 111 Å². The molecule has 0 aliphatic carbocycles. The van der Waals surface area contributed by atoms with Crippen LogP contribution in [0.2, 0.25) is 0 Å². The van der Waals surface area contributed by atoms with Crippen molar-refractivity contribution in [3.8, 4) is 0 Å². The lowest BCUT2D eigenvalue weighted by molar-refractivity contribution is 5.85. The van der Waals surface area contributed by atoms with Gasteiger partial charge in [-0.1, -0.05) is 0 Å². The van der Waals surface area contributed by atoms with Crippen LogP contribution in [0.4, 0.5) is 0 Å². The zero-order chi connectivity index (χ0) is 0. The lowest BCUT2D eigenvalue weighted by atomic mass is 35.5. The van der Waals surface area contributed by atoms with Gasteiger partial charge in [0.2, 0.25) is 0 Å². The van der Waals surface area contributed by atoms with Crippen molar-refractivity contribution in [2.24, 2.45) is 0 Å². The molecule has 0 unspecified atom stereocenters. The lowest BCUT2D eigenvalue weighted by Gasteiger charge is -0.148. The monoisotopic (exact) mass is 324 g/mol. The van der Waals surface area contributed by atoms with E-state index in [2.05, 4.69) is 0 Å². The predicted molar refractivity (Wildman–Crippen MR) is 65.2 cm³/mol. The van der Waals surface area contributed by atoms with Gasteiger partial charge in [-0.05, 0) is 0 Å². The van der Waals surface area contributed by atoms with Gasteiger partial charge in [0, 0.05) is 0 Å². The van der Waals surface area contributed by atoms with Crippen LogP contribution in [-0.4, -0.2) is 0 Å². The highest BCUT2D eigenvalue weighted by Gasteiger charge is -0.139. The summed E-state index contributed by atoms with van der Waals surface area (Å²) in [5.74, 6) is 0. The van der Waals surface area contributed by atoms with Crippen molar-refractivity contribution in [1.29, 1.82) is 0 Å². The van der Waals surface area contributed by atoms with Crippen LogP contribution in [0.15, 0.2) is 0 Å². The average Bonchev–Trinajstić information content (AvgIpc) is 0. The SMILES string of the molecule is Cl.Cl.Cl.Cl.Cl.Cl.Cl.Cl.Cl. The van der Waals surface area contributed by atoms with Gasteiger partial charge in [-0.15, -0.1) is 112 Å². The third kappa shape index (κ3) is 115. The second-order valence-electron chi connectivity index (χ2n) is 0. The van der Waals surface area contributed by atoms with Gasteiger partial charge < -0.3 is 0 Å².